The minimum Gasteiger partial charge on any atom is -0.467 e. The van der Waals surface area contributed by atoms with E-state index in [4.69, 9.17) is 8.83 Å². The van der Waals surface area contributed by atoms with Gasteiger partial charge in [-0.15, -0.1) is 0 Å². The molecule has 0 radical (unpaired) electrons. The van der Waals surface area contributed by atoms with Gasteiger partial charge in [0.1, 0.15) is 23.3 Å². The Kier molecular flexibility index (Phi) is 3.83. The Morgan fingerprint density at radius 3 is 2.45 bits per heavy atom. The van der Waals surface area contributed by atoms with Crippen LogP contribution in [0.2, 0.25) is 0 Å². The van der Waals surface area contributed by atoms with Gasteiger partial charge in [-0.3, -0.25) is 4.79 Å². The molecule has 2 aromatic heterocycles. The molecule has 1 N–H and O–H groups in total. The monoisotopic (exact) mass is 295 g/mol. The molecule has 0 aliphatic heterocycles. The fraction of sp³-hybridized carbons (Fsp3) is 0.167. The summed E-state index contributed by atoms with van der Waals surface area (Å²) in [4.78, 5) is 12.5. The van der Waals surface area contributed by atoms with E-state index in [1.165, 1.54) is 0 Å². The fourth-order valence-corrected chi connectivity index (χ4v) is 2.48. The van der Waals surface area contributed by atoms with E-state index in [2.05, 4.69) is 5.32 Å². The van der Waals surface area contributed by atoms with Gasteiger partial charge in [0, 0.05) is 0 Å². The van der Waals surface area contributed by atoms with Crippen LogP contribution in [0, 0.1) is 13.8 Å². The predicted octanol–water partition coefficient (Wildman–Crippen LogP) is 4.01. The van der Waals surface area contributed by atoms with Crippen LogP contribution < -0.4 is 5.32 Å². The molecule has 3 rings (SSSR count). The molecule has 1 aromatic carbocycles. The predicted molar refractivity (Wildman–Crippen MR) is 82.6 cm³/mol. The lowest BCUT2D eigenvalue weighted by molar-refractivity contribution is 0.0937. The highest BCUT2D eigenvalue weighted by atomic mass is 16.3. The summed E-state index contributed by atoms with van der Waals surface area (Å²) >= 11 is 0. The standard InChI is InChI=1S/C18H17NO3/c1-12-11-15(13(2)22-12)18(20)19-17(16-9-6-10-21-16)14-7-4-3-5-8-14/h3-11,17H,1-2H3,(H,19,20). The molecule has 0 aliphatic carbocycles. The largest absolute Gasteiger partial charge is 0.467 e. The van der Waals surface area contributed by atoms with Crippen molar-refractivity contribution in [3.8, 4) is 0 Å². The number of hydrogen-bond donors (Lipinski definition) is 1. The topological polar surface area (TPSA) is 55.4 Å². The van der Waals surface area contributed by atoms with Gasteiger partial charge in [-0.1, -0.05) is 30.3 Å². The molecule has 0 aliphatic rings. The van der Waals surface area contributed by atoms with Crippen molar-refractivity contribution in [3.63, 3.8) is 0 Å². The molecule has 0 saturated heterocycles. The summed E-state index contributed by atoms with van der Waals surface area (Å²) in [6, 6.07) is 14.8. The van der Waals surface area contributed by atoms with E-state index in [0.29, 0.717) is 17.1 Å². The number of rotatable bonds is 4. The molecule has 4 nitrogen and oxygen atoms in total. The molecule has 0 fully saturated rings. The summed E-state index contributed by atoms with van der Waals surface area (Å²) in [7, 11) is 0. The average molecular weight is 295 g/mol. The maximum absolute atomic E-state index is 12.5. The van der Waals surface area contributed by atoms with E-state index in [9.17, 15) is 4.79 Å². The summed E-state index contributed by atoms with van der Waals surface area (Å²) in [5, 5.41) is 3.01. The van der Waals surface area contributed by atoms with E-state index >= 15 is 0 Å². The molecule has 0 saturated carbocycles. The summed E-state index contributed by atoms with van der Waals surface area (Å²) in [5.74, 6) is 1.84. The maximum Gasteiger partial charge on any atom is 0.255 e. The first kappa shape index (κ1) is 14.2. The van der Waals surface area contributed by atoms with Gasteiger partial charge in [-0.25, -0.2) is 0 Å². The molecular weight excluding hydrogens is 278 g/mol. The third-order valence-electron chi connectivity index (χ3n) is 3.52. The second kappa shape index (κ2) is 5.93. The highest BCUT2D eigenvalue weighted by Gasteiger charge is 2.22. The Morgan fingerprint density at radius 2 is 1.86 bits per heavy atom. The first-order valence-corrected chi connectivity index (χ1v) is 7.11. The number of carbonyl (C=O) groups excluding carboxylic acids is 1. The second-order valence-corrected chi connectivity index (χ2v) is 5.16. The van der Waals surface area contributed by atoms with Gasteiger partial charge in [0.15, 0.2) is 0 Å². The molecule has 2 heterocycles. The SMILES string of the molecule is Cc1cc(C(=O)NC(c2ccccc2)c2ccco2)c(C)o1. The van der Waals surface area contributed by atoms with Crippen LogP contribution >= 0.6 is 0 Å². The minimum atomic E-state index is -0.335. The number of carbonyl (C=O) groups is 1. The quantitative estimate of drug-likeness (QED) is 0.791. The van der Waals surface area contributed by atoms with Crippen LogP contribution in [-0.2, 0) is 0 Å². The Labute approximate surface area is 128 Å². The van der Waals surface area contributed by atoms with Crippen molar-refractivity contribution >= 4 is 5.91 Å². The molecule has 0 bridgehead atoms. The Bertz CT molecular complexity index is 757. The average Bonchev–Trinajstić information content (AvgIpc) is 3.15. The van der Waals surface area contributed by atoms with Crippen LogP contribution in [0.1, 0.15) is 39.2 Å². The fourth-order valence-electron chi connectivity index (χ4n) is 2.48. The normalized spacial score (nSPS) is 12.1. The lowest BCUT2D eigenvalue weighted by atomic mass is 10.0. The molecule has 4 heteroatoms. The first-order valence-electron chi connectivity index (χ1n) is 7.11. The van der Waals surface area contributed by atoms with Crippen molar-refractivity contribution in [2.75, 3.05) is 0 Å². The van der Waals surface area contributed by atoms with Gasteiger partial charge < -0.3 is 14.2 Å². The van der Waals surface area contributed by atoms with Gasteiger partial charge >= 0.3 is 0 Å². The maximum atomic E-state index is 12.5. The van der Waals surface area contributed by atoms with Crippen molar-refractivity contribution in [3.05, 3.63) is 83.2 Å². The molecule has 1 atom stereocenters. The number of aryl methyl sites for hydroxylation is 2. The Hall–Kier alpha value is -2.75. The molecule has 3 aromatic rings. The van der Waals surface area contributed by atoms with Gasteiger partial charge in [0.25, 0.3) is 5.91 Å². The number of amides is 1. The highest BCUT2D eigenvalue weighted by molar-refractivity contribution is 5.95. The van der Waals surface area contributed by atoms with Gasteiger partial charge in [-0.2, -0.15) is 0 Å². The summed E-state index contributed by atoms with van der Waals surface area (Å²) < 4.78 is 10.9. The minimum absolute atomic E-state index is 0.181. The van der Waals surface area contributed by atoms with Crippen LogP contribution in [0.15, 0.2) is 63.6 Å². The lowest BCUT2D eigenvalue weighted by Gasteiger charge is -2.17. The zero-order chi connectivity index (χ0) is 15.5. The van der Waals surface area contributed by atoms with E-state index < -0.39 is 0 Å². The first-order chi connectivity index (χ1) is 10.6. The Morgan fingerprint density at radius 1 is 1.09 bits per heavy atom. The third kappa shape index (κ3) is 2.81. The van der Waals surface area contributed by atoms with Crippen LogP contribution in [0.3, 0.4) is 0 Å². The number of nitrogens with one attached hydrogen (secondary N) is 1. The summed E-state index contributed by atoms with van der Waals surface area (Å²) in [6.45, 7) is 3.61. The van der Waals surface area contributed by atoms with E-state index in [1.54, 1.807) is 19.3 Å². The van der Waals surface area contributed by atoms with Crippen LogP contribution in [0.5, 0.6) is 0 Å². The van der Waals surface area contributed by atoms with E-state index in [0.717, 1.165) is 11.3 Å². The van der Waals surface area contributed by atoms with Crippen molar-refractivity contribution in [1.29, 1.82) is 0 Å². The molecule has 112 valence electrons. The highest BCUT2D eigenvalue weighted by Crippen LogP contribution is 2.23. The zero-order valence-corrected chi connectivity index (χ0v) is 12.5. The van der Waals surface area contributed by atoms with Crippen LogP contribution in [0.25, 0.3) is 0 Å². The second-order valence-electron chi connectivity index (χ2n) is 5.16. The smallest absolute Gasteiger partial charge is 0.255 e. The van der Waals surface area contributed by atoms with Crippen molar-refractivity contribution in [1.82, 2.24) is 5.32 Å². The Balaban J connectivity index is 1.91. The van der Waals surface area contributed by atoms with Crippen molar-refractivity contribution in [2.45, 2.75) is 19.9 Å². The molecule has 1 amide bonds. The third-order valence-corrected chi connectivity index (χ3v) is 3.52. The number of furan rings is 2. The number of hydrogen-bond acceptors (Lipinski definition) is 3. The number of benzene rings is 1. The van der Waals surface area contributed by atoms with E-state index in [1.807, 2.05) is 49.4 Å². The molecule has 0 spiro atoms. The molecule has 22 heavy (non-hydrogen) atoms. The van der Waals surface area contributed by atoms with Crippen molar-refractivity contribution < 1.29 is 13.6 Å². The van der Waals surface area contributed by atoms with Gasteiger partial charge in [0.05, 0.1) is 11.8 Å². The molecular formula is C18H17NO3. The summed E-state index contributed by atoms with van der Waals surface area (Å²) in [5.41, 5.74) is 1.51. The summed E-state index contributed by atoms with van der Waals surface area (Å²) in [6.07, 6.45) is 1.60. The lowest BCUT2D eigenvalue weighted by Crippen LogP contribution is -2.29. The zero-order valence-electron chi connectivity index (χ0n) is 12.5. The van der Waals surface area contributed by atoms with Crippen LogP contribution in [-0.4, -0.2) is 5.91 Å². The van der Waals surface area contributed by atoms with Gasteiger partial charge in [-0.05, 0) is 37.6 Å². The van der Waals surface area contributed by atoms with Gasteiger partial charge in [0.2, 0.25) is 0 Å². The van der Waals surface area contributed by atoms with Crippen LogP contribution in [0.4, 0.5) is 0 Å². The van der Waals surface area contributed by atoms with Crippen molar-refractivity contribution in [2.24, 2.45) is 0 Å². The molecule has 1 unspecified atom stereocenters. The van der Waals surface area contributed by atoms with E-state index in [-0.39, 0.29) is 11.9 Å².